The monoisotopic (exact) mass is 346 g/mol. The average Bonchev–Trinajstić information content (AvgIpc) is 3.13. The van der Waals surface area contributed by atoms with Crippen LogP contribution in [0.3, 0.4) is 0 Å². The second kappa shape index (κ2) is 7.48. The maximum absolute atomic E-state index is 12.9. The summed E-state index contributed by atoms with van der Waals surface area (Å²) in [6, 6.07) is 1.40. The van der Waals surface area contributed by atoms with Gasteiger partial charge in [-0.3, -0.25) is 14.4 Å². The number of likely N-dealkylation sites (tertiary alicyclic amines) is 2. The summed E-state index contributed by atoms with van der Waals surface area (Å²) in [7, 11) is 1.97. The zero-order chi connectivity index (χ0) is 18.1. The van der Waals surface area contributed by atoms with E-state index in [2.05, 4.69) is 35.7 Å². The van der Waals surface area contributed by atoms with Gasteiger partial charge in [-0.05, 0) is 65.0 Å². The number of aromatic nitrogens is 2. The molecule has 140 valence electrons. The third-order valence-electron chi connectivity index (χ3n) is 6.44. The molecule has 2 saturated heterocycles. The minimum absolute atomic E-state index is 0.0314. The molecule has 0 N–H and O–H groups in total. The summed E-state index contributed by atoms with van der Waals surface area (Å²) in [5.41, 5.74) is 3.48. The third-order valence-corrected chi connectivity index (χ3v) is 6.44. The summed E-state index contributed by atoms with van der Waals surface area (Å²) < 4.78 is 1.92. The Balaban J connectivity index is 1.55. The highest BCUT2D eigenvalue weighted by molar-refractivity contribution is 5.79. The zero-order valence-electron chi connectivity index (χ0n) is 16.6. The van der Waals surface area contributed by atoms with Gasteiger partial charge in [-0.25, -0.2) is 0 Å². The molecular weight excluding hydrogens is 312 g/mol. The first-order chi connectivity index (χ1) is 11.9. The summed E-state index contributed by atoms with van der Waals surface area (Å²) in [6.45, 7) is 11.6. The molecule has 5 nitrogen and oxygen atoms in total. The molecule has 2 aliphatic rings. The fraction of sp³-hybridized carbons (Fsp3) is 0.800. The highest BCUT2D eigenvalue weighted by atomic mass is 16.2. The SMILES string of the molecule is Cc1nn(C)c(C)c1C[C@H](C)C(=O)N1CCC(N2CCC[C@H]2C)CC1. The Bertz CT molecular complexity index is 615. The molecule has 0 unspecified atom stereocenters. The number of amides is 1. The molecule has 0 radical (unpaired) electrons. The van der Waals surface area contributed by atoms with E-state index in [1.165, 1.54) is 30.6 Å². The van der Waals surface area contributed by atoms with Gasteiger partial charge in [0.05, 0.1) is 5.69 Å². The van der Waals surface area contributed by atoms with Crippen LogP contribution in [0.5, 0.6) is 0 Å². The van der Waals surface area contributed by atoms with E-state index in [-0.39, 0.29) is 5.92 Å². The number of carbonyl (C=O) groups excluding carboxylic acids is 1. The molecule has 2 fully saturated rings. The minimum Gasteiger partial charge on any atom is -0.342 e. The summed E-state index contributed by atoms with van der Waals surface area (Å²) >= 11 is 0. The molecule has 2 aliphatic heterocycles. The van der Waals surface area contributed by atoms with E-state index in [0.29, 0.717) is 11.9 Å². The first-order valence-electron chi connectivity index (χ1n) is 9.92. The van der Waals surface area contributed by atoms with Crippen LogP contribution in [0, 0.1) is 19.8 Å². The highest BCUT2D eigenvalue weighted by Gasteiger charge is 2.32. The van der Waals surface area contributed by atoms with Gasteiger partial charge in [0.1, 0.15) is 0 Å². The summed E-state index contributed by atoms with van der Waals surface area (Å²) in [5, 5.41) is 4.48. The Hall–Kier alpha value is -1.36. The van der Waals surface area contributed by atoms with Crippen LogP contribution in [0.4, 0.5) is 0 Å². The van der Waals surface area contributed by atoms with Crippen LogP contribution in [0.1, 0.15) is 56.5 Å². The fourth-order valence-corrected chi connectivity index (χ4v) is 4.73. The van der Waals surface area contributed by atoms with E-state index >= 15 is 0 Å². The van der Waals surface area contributed by atoms with Gasteiger partial charge in [0, 0.05) is 43.8 Å². The van der Waals surface area contributed by atoms with Gasteiger partial charge in [-0.1, -0.05) is 6.92 Å². The minimum atomic E-state index is 0.0314. The van der Waals surface area contributed by atoms with Crippen LogP contribution < -0.4 is 0 Å². The standard InChI is InChI=1S/C20H34N4O/c1-14(13-19-16(3)21-22(5)17(19)4)20(25)23-11-8-18(9-12-23)24-10-6-7-15(24)2/h14-15,18H,6-13H2,1-5H3/t14-,15+/m0/s1. The number of hydrogen-bond acceptors (Lipinski definition) is 3. The smallest absolute Gasteiger partial charge is 0.225 e. The number of rotatable bonds is 4. The molecule has 0 saturated carbocycles. The quantitative estimate of drug-likeness (QED) is 0.842. The molecule has 0 spiro atoms. The first kappa shape index (κ1) is 18.4. The Kier molecular flexibility index (Phi) is 5.52. The third kappa shape index (κ3) is 3.76. The highest BCUT2D eigenvalue weighted by Crippen LogP contribution is 2.26. The normalized spacial score (nSPS) is 24.0. The van der Waals surface area contributed by atoms with Crippen molar-refractivity contribution in [1.29, 1.82) is 0 Å². The van der Waals surface area contributed by atoms with Gasteiger partial charge < -0.3 is 4.90 Å². The van der Waals surface area contributed by atoms with Gasteiger partial charge in [0.15, 0.2) is 0 Å². The molecule has 0 aliphatic carbocycles. The van der Waals surface area contributed by atoms with E-state index in [0.717, 1.165) is 44.1 Å². The molecule has 1 amide bonds. The van der Waals surface area contributed by atoms with Crippen molar-refractivity contribution >= 4 is 5.91 Å². The van der Waals surface area contributed by atoms with E-state index in [1.54, 1.807) is 0 Å². The molecule has 3 heterocycles. The van der Waals surface area contributed by atoms with Crippen molar-refractivity contribution in [2.45, 2.75) is 71.9 Å². The van der Waals surface area contributed by atoms with Gasteiger partial charge >= 0.3 is 0 Å². The number of nitrogens with zero attached hydrogens (tertiary/aromatic N) is 4. The van der Waals surface area contributed by atoms with Gasteiger partial charge in [0.2, 0.25) is 5.91 Å². The molecule has 1 aromatic rings. The first-order valence-corrected chi connectivity index (χ1v) is 9.92. The van der Waals surface area contributed by atoms with Gasteiger partial charge in [0.25, 0.3) is 0 Å². The Morgan fingerprint density at radius 2 is 1.88 bits per heavy atom. The average molecular weight is 347 g/mol. The van der Waals surface area contributed by atoms with Crippen molar-refractivity contribution < 1.29 is 4.79 Å². The van der Waals surface area contributed by atoms with Crippen molar-refractivity contribution in [3.63, 3.8) is 0 Å². The lowest BCUT2D eigenvalue weighted by atomic mass is 9.96. The Morgan fingerprint density at radius 3 is 2.40 bits per heavy atom. The van der Waals surface area contributed by atoms with E-state index in [4.69, 9.17) is 0 Å². The molecule has 0 aromatic carbocycles. The van der Waals surface area contributed by atoms with E-state index in [9.17, 15) is 4.79 Å². The lowest BCUT2D eigenvalue weighted by Crippen LogP contribution is -2.48. The van der Waals surface area contributed by atoms with Crippen LogP contribution in [-0.2, 0) is 18.3 Å². The summed E-state index contributed by atoms with van der Waals surface area (Å²) in [5.74, 6) is 0.347. The summed E-state index contributed by atoms with van der Waals surface area (Å²) in [4.78, 5) is 17.7. The topological polar surface area (TPSA) is 41.4 Å². The molecular formula is C20H34N4O. The predicted octanol–water partition coefficient (Wildman–Crippen LogP) is 2.69. The maximum atomic E-state index is 12.9. The van der Waals surface area contributed by atoms with Crippen LogP contribution >= 0.6 is 0 Å². The van der Waals surface area contributed by atoms with E-state index in [1.807, 2.05) is 18.7 Å². The Labute approximate surface area is 152 Å². The lowest BCUT2D eigenvalue weighted by molar-refractivity contribution is -0.136. The number of hydrogen-bond donors (Lipinski definition) is 0. The molecule has 25 heavy (non-hydrogen) atoms. The number of aryl methyl sites for hydroxylation is 2. The molecule has 0 bridgehead atoms. The molecule has 1 aromatic heterocycles. The predicted molar refractivity (Wildman–Crippen MR) is 101 cm³/mol. The van der Waals surface area contributed by atoms with Crippen LogP contribution in [0.15, 0.2) is 0 Å². The summed E-state index contributed by atoms with van der Waals surface area (Å²) in [6.07, 6.45) is 5.73. The van der Waals surface area contributed by atoms with Crippen molar-refractivity contribution in [3.8, 4) is 0 Å². The Morgan fingerprint density at radius 1 is 1.20 bits per heavy atom. The van der Waals surface area contributed by atoms with Crippen molar-refractivity contribution in [3.05, 3.63) is 17.0 Å². The van der Waals surface area contributed by atoms with E-state index < -0.39 is 0 Å². The molecule has 3 rings (SSSR count). The zero-order valence-corrected chi connectivity index (χ0v) is 16.6. The van der Waals surface area contributed by atoms with Crippen LogP contribution in [0.25, 0.3) is 0 Å². The molecule has 2 atom stereocenters. The van der Waals surface area contributed by atoms with Crippen molar-refractivity contribution in [2.24, 2.45) is 13.0 Å². The number of piperidine rings is 1. The molecule has 5 heteroatoms. The number of carbonyl (C=O) groups is 1. The van der Waals surface area contributed by atoms with Crippen LogP contribution in [-0.4, -0.2) is 57.2 Å². The largest absolute Gasteiger partial charge is 0.342 e. The van der Waals surface area contributed by atoms with Crippen molar-refractivity contribution in [2.75, 3.05) is 19.6 Å². The van der Waals surface area contributed by atoms with Gasteiger partial charge in [-0.2, -0.15) is 5.10 Å². The lowest BCUT2D eigenvalue weighted by Gasteiger charge is -2.39. The fourth-order valence-electron chi connectivity index (χ4n) is 4.73. The second-order valence-corrected chi connectivity index (χ2v) is 8.16. The maximum Gasteiger partial charge on any atom is 0.225 e. The second-order valence-electron chi connectivity index (χ2n) is 8.16. The van der Waals surface area contributed by atoms with Crippen LogP contribution in [0.2, 0.25) is 0 Å². The van der Waals surface area contributed by atoms with Gasteiger partial charge in [-0.15, -0.1) is 0 Å². The van der Waals surface area contributed by atoms with Crippen molar-refractivity contribution in [1.82, 2.24) is 19.6 Å².